The molecule has 0 fully saturated rings. The fourth-order valence-corrected chi connectivity index (χ4v) is 4.04. The van der Waals surface area contributed by atoms with E-state index in [1.807, 2.05) is 24.3 Å². The Hall–Kier alpha value is -0.910. The Kier molecular flexibility index (Phi) is 4.60. The maximum Gasteiger partial charge on any atom is 0.158 e. The smallest absolute Gasteiger partial charge is 0.158 e. The fourth-order valence-electron chi connectivity index (χ4n) is 1.79. The highest BCUT2D eigenvalue weighted by Gasteiger charge is 2.15. The number of thiol groups is 2. The second-order valence-corrected chi connectivity index (χ2v) is 7.32. The zero-order valence-corrected chi connectivity index (χ0v) is 12.8. The van der Waals surface area contributed by atoms with E-state index in [1.54, 1.807) is 24.3 Å². The van der Waals surface area contributed by atoms with Gasteiger partial charge in [-0.2, -0.15) is 0 Å². The van der Waals surface area contributed by atoms with Gasteiger partial charge in [-0.1, -0.05) is 36.4 Å². The van der Waals surface area contributed by atoms with E-state index >= 15 is 0 Å². The summed E-state index contributed by atoms with van der Waals surface area (Å²) in [6.45, 7) is 0. The van der Waals surface area contributed by atoms with Crippen molar-refractivity contribution in [2.45, 2.75) is 21.3 Å². The van der Waals surface area contributed by atoms with E-state index in [9.17, 15) is 8.42 Å². The van der Waals surface area contributed by atoms with Gasteiger partial charge in [0.25, 0.3) is 0 Å². The quantitative estimate of drug-likeness (QED) is 0.849. The van der Waals surface area contributed by atoms with Crippen LogP contribution in [0.1, 0.15) is 11.1 Å². The second kappa shape index (κ2) is 6.03. The summed E-state index contributed by atoms with van der Waals surface area (Å²) in [5, 5.41) is 0. The molecule has 5 heteroatoms. The molecule has 0 atom stereocenters. The zero-order chi connectivity index (χ0) is 13.9. The molecule has 0 saturated heterocycles. The number of sulfone groups is 1. The van der Waals surface area contributed by atoms with Gasteiger partial charge in [-0.15, -0.1) is 25.3 Å². The third-order valence-corrected chi connectivity index (χ3v) is 5.11. The average molecular weight is 310 g/mol. The van der Waals surface area contributed by atoms with Gasteiger partial charge in [0.1, 0.15) is 0 Å². The predicted octanol–water partition coefficient (Wildman–Crippen LogP) is 3.38. The summed E-state index contributed by atoms with van der Waals surface area (Å²) in [6, 6.07) is 14.5. The molecule has 2 aromatic rings. The van der Waals surface area contributed by atoms with Gasteiger partial charge in [0, 0.05) is 9.79 Å². The van der Waals surface area contributed by atoms with Gasteiger partial charge >= 0.3 is 0 Å². The average Bonchev–Trinajstić information content (AvgIpc) is 2.35. The first kappa shape index (κ1) is 14.5. The molecule has 0 radical (unpaired) electrons. The van der Waals surface area contributed by atoms with Crippen molar-refractivity contribution in [1.82, 2.24) is 0 Å². The molecule has 0 aliphatic heterocycles. The highest BCUT2D eigenvalue weighted by molar-refractivity contribution is 7.90. The van der Waals surface area contributed by atoms with Crippen LogP contribution in [0.4, 0.5) is 0 Å². The van der Waals surface area contributed by atoms with E-state index in [4.69, 9.17) is 0 Å². The molecule has 0 bridgehead atoms. The SMILES string of the molecule is O=S(=O)(Cc1ccccc1S)Cc1ccccc1S. The fraction of sp³-hybridized carbons (Fsp3) is 0.143. The molecule has 0 spiro atoms. The van der Waals surface area contributed by atoms with Gasteiger partial charge in [-0.05, 0) is 23.3 Å². The third kappa shape index (κ3) is 4.03. The highest BCUT2D eigenvalue weighted by Crippen LogP contribution is 2.21. The van der Waals surface area contributed by atoms with Crippen molar-refractivity contribution < 1.29 is 8.42 Å². The summed E-state index contributed by atoms with van der Waals surface area (Å²) in [4.78, 5) is 1.40. The van der Waals surface area contributed by atoms with Gasteiger partial charge in [0.15, 0.2) is 9.84 Å². The minimum Gasteiger partial charge on any atom is -0.228 e. The molecule has 2 aromatic carbocycles. The minimum absolute atomic E-state index is 0.00517. The topological polar surface area (TPSA) is 34.1 Å². The number of hydrogen-bond donors (Lipinski definition) is 2. The number of rotatable bonds is 4. The summed E-state index contributed by atoms with van der Waals surface area (Å²) >= 11 is 8.55. The molecule has 0 aromatic heterocycles. The molecule has 0 saturated carbocycles. The summed E-state index contributed by atoms with van der Waals surface area (Å²) in [5.41, 5.74) is 1.45. The zero-order valence-electron chi connectivity index (χ0n) is 10.2. The monoisotopic (exact) mass is 310 g/mol. The molecule has 0 unspecified atom stereocenters. The van der Waals surface area contributed by atoms with E-state index in [-0.39, 0.29) is 11.5 Å². The van der Waals surface area contributed by atoms with E-state index in [0.717, 1.165) is 11.1 Å². The van der Waals surface area contributed by atoms with Crippen LogP contribution < -0.4 is 0 Å². The van der Waals surface area contributed by atoms with E-state index in [2.05, 4.69) is 25.3 Å². The predicted molar refractivity (Wildman–Crippen MR) is 83.7 cm³/mol. The van der Waals surface area contributed by atoms with Crippen LogP contribution in [0.25, 0.3) is 0 Å². The van der Waals surface area contributed by atoms with Crippen LogP contribution in [0.15, 0.2) is 58.3 Å². The molecule has 19 heavy (non-hydrogen) atoms. The first-order valence-corrected chi connectivity index (χ1v) is 8.44. The molecular weight excluding hydrogens is 296 g/mol. The van der Waals surface area contributed by atoms with Crippen molar-refractivity contribution in [1.29, 1.82) is 0 Å². The van der Waals surface area contributed by atoms with E-state index in [1.165, 1.54) is 0 Å². The maximum atomic E-state index is 12.2. The van der Waals surface area contributed by atoms with Crippen LogP contribution in [-0.4, -0.2) is 8.42 Å². The van der Waals surface area contributed by atoms with Crippen molar-refractivity contribution >= 4 is 35.1 Å². The molecule has 0 heterocycles. The first-order chi connectivity index (χ1) is 8.98. The Balaban J connectivity index is 2.21. The second-order valence-electron chi connectivity index (χ2n) is 4.29. The molecule has 2 nitrogen and oxygen atoms in total. The Bertz CT molecular complexity index is 625. The van der Waals surface area contributed by atoms with Crippen LogP contribution in [0.5, 0.6) is 0 Å². The Morgan fingerprint density at radius 3 is 1.47 bits per heavy atom. The molecular formula is C14H14O2S3. The Morgan fingerprint density at radius 2 is 1.11 bits per heavy atom. The van der Waals surface area contributed by atoms with Crippen molar-refractivity contribution in [2.75, 3.05) is 0 Å². The maximum absolute atomic E-state index is 12.2. The largest absolute Gasteiger partial charge is 0.228 e. The van der Waals surface area contributed by atoms with Crippen LogP contribution in [0, 0.1) is 0 Å². The highest BCUT2D eigenvalue weighted by atomic mass is 32.2. The standard InChI is InChI=1S/C14H14O2S3/c15-19(16,9-11-5-1-3-7-13(11)17)10-12-6-2-4-8-14(12)18/h1-8,17-18H,9-10H2. The van der Waals surface area contributed by atoms with Crippen LogP contribution in [0.3, 0.4) is 0 Å². The molecule has 100 valence electrons. The minimum atomic E-state index is -3.23. The lowest BCUT2D eigenvalue weighted by Crippen LogP contribution is -2.08. The van der Waals surface area contributed by atoms with Gasteiger partial charge in [-0.25, -0.2) is 8.42 Å². The van der Waals surface area contributed by atoms with Crippen molar-refractivity contribution in [3.05, 3.63) is 59.7 Å². The first-order valence-electron chi connectivity index (χ1n) is 5.72. The molecule has 2 rings (SSSR count). The van der Waals surface area contributed by atoms with Gasteiger partial charge in [0.05, 0.1) is 11.5 Å². The third-order valence-electron chi connectivity index (χ3n) is 2.73. The Morgan fingerprint density at radius 1 is 0.737 bits per heavy atom. The van der Waals surface area contributed by atoms with Crippen LogP contribution in [-0.2, 0) is 21.3 Å². The summed E-state index contributed by atoms with van der Waals surface area (Å²) in [5.74, 6) is -0.0103. The summed E-state index contributed by atoms with van der Waals surface area (Å²) < 4.78 is 24.4. The molecule has 0 aliphatic carbocycles. The van der Waals surface area contributed by atoms with Gasteiger partial charge in [0.2, 0.25) is 0 Å². The van der Waals surface area contributed by atoms with Crippen molar-refractivity contribution in [3.8, 4) is 0 Å². The molecule has 0 N–H and O–H groups in total. The lowest BCUT2D eigenvalue weighted by atomic mass is 10.2. The van der Waals surface area contributed by atoms with E-state index in [0.29, 0.717) is 9.79 Å². The lowest BCUT2D eigenvalue weighted by molar-refractivity contribution is 0.594. The van der Waals surface area contributed by atoms with Gasteiger partial charge < -0.3 is 0 Å². The Labute approximate surface area is 124 Å². The number of hydrogen-bond acceptors (Lipinski definition) is 4. The molecule has 0 aliphatic rings. The molecule has 0 amide bonds. The normalized spacial score (nSPS) is 11.5. The summed E-state index contributed by atoms with van der Waals surface area (Å²) in [6.07, 6.45) is 0. The van der Waals surface area contributed by atoms with Crippen LogP contribution in [0.2, 0.25) is 0 Å². The summed E-state index contributed by atoms with van der Waals surface area (Å²) in [7, 11) is -3.23. The lowest BCUT2D eigenvalue weighted by Gasteiger charge is -2.08. The van der Waals surface area contributed by atoms with Crippen LogP contribution >= 0.6 is 25.3 Å². The van der Waals surface area contributed by atoms with E-state index < -0.39 is 9.84 Å². The van der Waals surface area contributed by atoms with Gasteiger partial charge in [-0.3, -0.25) is 0 Å². The van der Waals surface area contributed by atoms with Crippen molar-refractivity contribution in [2.24, 2.45) is 0 Å². The number of benzene rings is 2. The van der Waals surface area contributed by atoms with Crippen molar-refractivity contribution in [3.63, 3.8) is 0 Å².